The molecule has 0 atom stereocenters. The molecular formula is C20H23N3O3S2. The summed E-state index contributed by atoms with van der Waals surface area (Å²) in [6.45, 7) is 2.20. The summed E-state index contributed by atoms with van der Waals surface area (Å²) in [7, 11) is 0. The van der Waals surface area contributed by atoms with Crippen LogP contribution >= 0.6 is 23.5 Å². The Morgan fingerprint density at radius 3 is 2.75 bits per heavy atom. The van der Waals surface area contributed by atoms with E-state index in [4.69, 9.17) is 0 Å². The maximum Gasteiger partial charge on any atom is 0.269 e. The summed E-state index contributed by atoms with van der Waals surface area (Å²) in [6, 6.07) is 14.7. The first kappa shape index (κ1) is 20.7. The lowest BCUT2D eigenvalue weighted by Crippen LogP contribution is -2.34. The van der Waals surface area contributed by atoms with Crippen molar-refractivity contribution in [3.8, 4) is 0 Å². The molecule has 0 fully saturated rings. The largest absolute Gasteiger partial charge is 0.315 e. The van der Waals surface area contributed by atoms with E-state index in [1.165, 1.54) is 17.0 Å². The highest BCUT2D eigenvalue weighted by atomic mass is 32.2. The molecule has 1 amide bonds. The average Bonchev–Trinajstić information content (AvgIpc) is 2.93. The van der Waals surface area contributed by atoms with Crippen LogP contribution in [0.4, 0.5) is 11.4 Å². The Hall–Kier alpha value is -2.03. The minimum atomic E-state index is -0.394. The fraction of sp³-hybridized carbons (Fsp3) is 0.350. The van der Waals surface area contributed by atoms with Gasteiger partial charge in [-0.3, -0.25) is 14.9 Å². The van der Waals surface area contributed by atoms with E-state index in [0.29, 0.717) is 13.0 Å². The summed E-state index contributed by atoms with van der Waals surface area (Å²) in [5, 5.41) is 14.0. The lowest BCUT2D eigenvalue weighted by atomic mass is 10.2. The molecular weight excluding hydrogens is 394 g/mol. The second-order valence-corrected chi connectivity index (χ2v) is 8.62. The summed E-state index contributed by atoms with van der Waals surface area (Å²) in [5.74, 6) is 2.04. The molecule has 1 aliphatic heterocycles. The van der Waals surface area contributed by atoms with E-state index < -0.39 is 4.92 Å². The molecule has 0 saturated heterocycles. The van der Waals surface area contributed by atoms with Crippen LogP contribution in [-0.4, -0.2) is 42.0 Å². The Balaban J connectivity index is 1.38. The minimum absolute atomic E-state index is 0.106. The molecule has 0 aromatic heterocycles. The van der Waals surface area contributed by atoms with Crippen LogP contribution in [0.1, 0.15) is 12.8 Å². The molecule has 2 aromatic rings. The van der Waals surface area contributed by atoms with E-state index >= 15 is 0 Å². The number of carbonyl (C=O) groups is 1. The number of nitrogens with one attached hydrogen (secondary N) is 1. The number of thioether (sulfide) groups is 2. The van der Waals surface area contributed by atoms with Crippen molar-refractivity contribution in [1.29, 1.82) is 0 Å². The molecule has 1 heterocycles. The van der Waals surface area contributed by atoms with Gasteiger partial charge < -0.3 is 10.2 Å². The van der Waals surface area contributed by atoms with Gasteiger partial charge in [0.05, 0.1) is 10.6 Å². The first-order valence-corrected chi connectivity index (χ1v) is 11.2. The van der Waals surface area contributed by atoms with Crippen molar-refractivity contribution in [3.63, 3.8) is 0 Å². The number of hydrogen-bond donors (Lipinski definition) is 1. The van der Waals surface area contributed by atoms with Gasteiger partial charge in [-0.1, -0.05) is 12.1 Å². The Labute approximate surface area is 173 Å². The predicted octanol–water partition coefficient (Wildman–Crippen LogP) is 4.20. The summed E-state index contributed by atoms with van der Waals surface area (Å²) < 4.78 is 0. The number of hydrogen-bond acceptors (Lipinski definition) is 6. The highest BCUT2D eigenvalue weighted by Gasteiger charge is 2.20. The molecule has 0 unspecified atom stereocenters. The van der Waals surface area contributed by atoms with Crippen LogP contribution in [0.3, 0.4) is 0 Å². The van der Waals surface area contributed by atoms with Crippen LogP contribution < -0.4 is 10.2 Å². The number of benzene rings is 2. The zero-order chi connectivity index (χ0) is 19.8. The minimum Gasteiger partial charge on any atom is -0.315 e. The van der Waals surface area contributed by atoms with Crippen LogP contribution in [0.25, 0.3) is 0 Å². The van der Waals surface area contributed by atoms with E-state index in [1.807, 2.05) is 34.9 Å². The van der Waals surface area contributed by atoms with Crippen molar-refractivity contribution in [2.75, 3.05) is 36.0 Å². The quantitative estimate of drug-likeness (QED) is 0.300. The fourth-order valence-electron chi connectivity index (χ4n) is 2.95. The lowest BCUT2D eigenvalue weighted by Gasteiger charge is -2.22. The molecule has 1 aliphatic rings. The highest BCUT2D eigenvalue weighted by Crippen LogP contribution is 2.33. The summed E-state index contributed by atoms with van der Waals surface area (Å²) in [5.41, 5.74) is 1.14. The van der Waals surface area contributed by atoms with E-state index in [-0.39, 0.29) is 11.6 Å². The van der Waals surface area contributed by atoms with E-state index in [0.717, 1.165) is 41.6 Å². The number of nitrogens with zero attached hydrogens (tertiary/aromatic N) is 2. The number of fused-ring (bicyclic) bond motifs is 1. The molecule has 0 radical (unpaired) electrons. The van der Waals surface area contributed by atoms with Gasteiger partial charge in [0.1, 0.15) is 0 Å². The van der Waals surface area contributed by atoms with Crippen molar-refractivity contribution in [1.82, 2.24) is 5.32 Å². The molecule has 0 aliphatic carbocycles. The van der Waals surface area contributed by atoms with Crippen LogP contribution in [0.5, 0.6) is 0 Å². The maximum absolute atomic E-state index is 12.7. The number of non-ortho nitro benzene ring substituents is 1. The molecule has 148 valence electrons. The van der Waals surface area contributed by atoms with Gasteiger partial charge >= 0.3 is 0 Å². The van der Waals surface area contributed by atoms with E-state index in [9.17, 15) is 14.9 Å². The van der Waals surface area contributed by atoms with Gasteiger partial charge in [-0.05, 0) is 36.4 Å². The van der Waals surface area contributed by atoms with E-state index in [2.05, 4.69) is 11.4 Å². The standard InChI is InChI=1S/C20H23N3O3S2/c24-20(22-13-3-14-28-19-5-2-1-4-18(19)22)10-11-21-12-15-27-17-8-6-16(7-9-17)23(25)26/h1-2,4-9,21H,3,10-15H2. The van der Waals surface area contributed by atoms with E-state index in [1.54, 1.807) is 23.9 Å². The summed E-state index contributed by atoms with van der Waals surface area (Å²) in [6.07, 6.45) is 1.48. The summed E-state index contributed by atoms with van der Waals surface area (Å²) in [4.78, 5) is 27.0. The monoisotopic (exact) mass is 417 g/mol. The molecule has 0 bridgehead atoms. The van der Waals surface area contributed by atoms with Gasteiger partial charge in [0.25, 0.3) is 5.69 Å². The number of para-hydroxylation sites is 1. The molecule has 8 heteroatoms. The fourth-order valence-corrected chi connectivity index (χ4v) is 4.75. The third-order valence-electron chi connectivity index (χ3n) is 4.35. The summed E-state index contributed by atoms with van der Waals surface area (Å²) >= 11 is 3.45. The van der Waals surface area contributed by atoms with Crippen LogP contribution in [0.15, 0.2) is 58.3 Å². The number of nitro benzene ring substituents is 1. The van der Waals surface area contributed by atoms with Crippen LogP contribution in [-0.2, 0) is 4.79 Å². The zero-order valence-corrected chi connectivity index (χ0v) is 17.1. The number of amides is 1. The number of carbonyl (C=O) groups excluding carboxylic acids is 1. The SMILES string of the molecule is O=C(CCNCCSc1ccc([N+](=O)[O-])cc1)N1CCCSc2ccccc21. The number of nitro groups is 1. The van der Waals surface area contributed by atoms with Crippen LogP contribution in [0.2, 0.25) is 0 Å². The average molecular weight is 418 g/mol. The topological polar surface area (TPSA) is 75.5 Å². The van der Waals surface area contributed by atoms with Crippen molar-refractivity contribution in [2.45, 2.75) is 22.6 Å². The zero-order valence-electron chi connectivity index (χ0n) is 15.5. The third kappa shape index (κ3) is 5.73. The Bertz CT molecular complexity index is 815. The highest BCUT2D eigenvalue weighted by molar-refractivity contribution is 7.99. The third-order valence-corrected chi connectivity index (χ3v) is 6.51. The molecule has 3 rings (SSSR count). The van der Waals surface area contributed by atoms with Crippen molar-refractivity contribution < 1.29 is 9.72 Å². The lowest BCUT2D eigenvalue weighted by molar-refractivity contribution is -0.384. The Morgan fingerprint density at radius 2 is 1.96 bits per heavy atom. The molecule has 0 spiro atoms. The van der Waals surface area contributed by atoms with Gasteiger partial charge in [0.2, 0.25) is 5.91 Å². The van der Waals surface area contributed by atoms with Crippen LogP contribution in [0, 0.1) is 10.1 Å². The van der Waals surface area contributed by atoms with Gasteiger partial charge in [-0.15, -0.1) is 23.5 Å². The molecule has 1 N–H and O–H groups in total. The van der Waals surface area contributed by atoms with Gasteiger partial charge in [0.15, 0.2) is 0 Å². The van der Waals surface area contributed by atoms with Crippen molar-refractivity contribution in [3.05, 3.63) is 58.6 Å². The molecule has 2 aromatic carbocycles. The van der Waals surface area contributed by atoms with Crippen molar-refractivity contribution >= 4 is 40.8 Å². The Kier molecular flexibility index (Phi) is 7.76. The normalized spacial score (nSPS) is 13.6. The molecule has 6 nitrogen and oxygen atoms in total. The second kappa shape index (κ2) is 10.5. The van der Waals surface area contributed by atoms with Gasteiger partial charge in [0, 0.05) is 53.7 Å². The van der Waals surface area contributed by atoms with Gasteiger partial charge in [-0.2, -0.15) is 0 Å². The molecule has 0 saturated carbocycles. The smallest absolute Gasteiger partial charge is 0.269 e. The first-order valence-electron chi connectivity index (χ1n) is 9.25. The number of rotatable bonds is 8. The number of anilines is 1. The second-order valence-electron chi connectivity index (χ2n) is 6.31. The Morgan fingerprint density at radius 1 is 1.18 bits per heavy atom. The van der Waals surface area contributed by atoms with Gasteiger partial charge in [-0.25, -0.2) is 0 Å². The maximum atomic E-state index is 12.7. The molecule has 28 heavy (non-hydrogen) atoms. The first-order chi connectivity index (χ1) is 13.6. The van der Waals surface area contributed by atoms with Crippen molar-refractivity contribution in [2.24, 2.45) is 0 Å². The predicted molar refractivity (Wildman–Crippen MR) is 115 cm³/mol.